The number of amides is 1. The first kappa shape index (κ1) is 21.8. The van der Waals surface area contributed by atoms with Crippen LogP contribution in [0, 0.1) is 23.3 Å². The van der Waals surface area contributed by atoms with Gasteiger partial charge in [0, 0.05) is 21.5 Å². The van der Waals surface area contributed by atoms with E-state index in [2.05, 4.69) is 5.32 Å². The van der Waals surface area contributed by atoms with Crippen LogP contribution in [0.3, 0.4) is 0 Å². The van der Waals surface area contributed by atoms with Crippen molar-refractivity contribution in [3.05, 3.63) is 75.1 Å². The summed E-state index contributed by atoms with van der Waals surface area (Å²) in [5.74, 6) is -9.80. The fourth-order valence-corrected chi connectivity index (χ4v) is 3.82. The second kappa shape index (κ2) is 8.85. The number of hydrogen-bond donors (Lipinski definition) is 1. The Hall–Kier alpha value is -2.91. The van der Waals surface area contributed by atoms with E-state index in [0.717, 1.165) is 11.3 Å². The average Bonchev–Trinajstić information content (AvgIpc) is 3.12. The Balaban J connectivity index is 2.06. The Bertz CT molecular complexity index is 1150. The molecule has 0 unspecified atom stereocenters. The molecule has 1 heterocycles. The second-order valence-corrected chi connectivity index (χ2v) is 7.14. The summed E-state index contributed by atoms with van der Waals surface area (Å²) in [5, 5.41) is 4.02. The number of esters is 1. The predicted octanol–water partition coefficient (Wildman–Crippen LogP) is 6.05. The highest BCUT2D eigenvalue weighted by molar-refractivity contribution is 7.15. The number of rotatable bonds is 5. The summed E-state index contributed by atoms with van der Waals surface area (Å²) in [5.41, 5.74) is -0.305. The minimum Gasteiger partial charge on any atom is -0.462 e. The number of carbonyl (C=O) groups is 2. The number of nitrogens with one attached hydrogen (secondary N) is 1. The summed E-state index contributed by atoms with van der Waals surface area (Å²) >= 11 is 7.09. The van der Waals surface area contributed by atoms with E-state index in [0.29, 0.717) is 16.1 Å². The van der Waals surface area contributed by atoms with E-state index < -0.39 is 40.7 Å². The summed E-state index contributed by atoms with van der Waals surface area (Å²) in [6, 6.07) is 6.84. The maximum Gasteiger partial charge on any atom is 0.341 e. The summed E-state index contributed by atoms with van der Waals surface area (Å²) in [4.78, 5) is 24.9. The maximum atomic E-state index is 14.0. The number of hydrogen-bond acceptors (Lipinski definition) is 4. The third kappa shape index (κ3) is 4.03. The van der Waals surface area contributed by atoms with Crippen molar-refractivity contribution in [2.24, 2.45) is 0 Å². The Morgan fingerprint density at radius 2 is 1.77 bits per heavy atom. The molecule has 0 aliphatic heterocycles. The molecule has 0 saturated carbocycles. The molecule has 0 saturated heterocycles. The molecule has 0 fully saturated rings. The molecule has 1 N–H and O–H groups in total. The molecule has 2 aromatic carbocycles. The number of carbonyl (C=O) groups excluding carboxylic acids is 2. The highest BCUT2D eigenvalue weighted by Gasteiger charge is 2.27. The predicted molar refractivity (Wildman–Crippen MR) is 105 cm³/mol. The van der Waals surface area contributed by atoms with E-state index >= 15 is 0 Å². The van der Waals surface area contributed by atoms with Crippen LogP contribution in [-0.4, -0.2) is 18.5 Å². The van der Waals surface area contributed by atoms with Crippen molar-refractivity contribution in [3.63, 3.8) is 0 Å². The largest absolute Gasteiger partial charge is 0.462 e. The van der Waals surface area contributed by atoms with Crippen molar-refractivity contribution in [3.8, 4) is 11.1 Å². The molecule has 3 aromatic rings. The molecule has 156 valence electrons. The van der Waals surface area contributed by atoms with Crippen LogP contribution in [0.25, 0.3) is 11.1 Å². The molecule has 0 bridgehead atoms. The quantitative estimate of drug-likeness (QED) is 0.219. The van der Waals surface area contributed by atoms with E-state index in [-0.39, 0.29) is 23.2 Å². The highest BCUT2D eigenvalue weighted by Crippen LogP contribution is 2.39. The van der Waals surface area contributed by atoms with Gasteiger partial charge in [0.15, 0.2) is 23.3 Å². The number of anilines is 1. The van der Waals surface area contributed by atoms with Crippen LogP contribution in [0.4, 0.5) is 22.6 Å². The molecule has 10 heteroatoms. The summed E-state index contributed by atoms with van der Waals surface area (Å²) < 4.78 is 59.0. The van der Waals surface area contributed by atoms with Crippen molar-refractivity contribution >= 4 is 39.8 Å². The van der Waals surface area contributed by atoms with Crippen LogP contribution in [0.15, 0.2) is 35.7 Å². The van der Waals surface area contributed by atoms with Gasteiger partial charge in [0.25, 0.3) is 5.91 Å². The topological polar surface area (TPSA) is 55.4 Å². The fourth-order valence-electron chi connectivity index (χ4n) is 2.64. The SMILES string of the molecule is CCOC(=O)c1c(-c2ccccc2Cl)csc1NC(=O)c1cc(F)c(F)c(F)c1F. The van der Waals surface area contributed by atoms with Crippen LogP contribution in [0.5, 0.6) is 0 Å². The van der Waals surface area contributed by atoms with Gasteiger partial charge in [-0.1, -0.05) is 29.8 Å². The van der Waals surface area contributed by atoms with Crippen LogP contribution >= 0.6 is 22.9 Å². The van der Waals surface area contributed by atoms with E-state index in [1.807, 2.05) is 0 Å². The zero-order chi connectivity index (χ0) is 22.0. The van der Waals surface area contributed by atoms with Gasteiger partial charge in [-0.3, -0.25) is 4.79 Å². The third-order valence-corrected chi connectivity index (χ3v) is 5.23. The van der Waals surface area contributed by atoms with Crippen LogP contribution in [0.2, 0.25) is 5.02 Å². The van der Waals surface area contributed by atoms with Crippen LogP contribution in [0.1, 0.15) is 27.6 Å². The lowest BCUT2D eigenvalue weighted by molar-refractivity contribution is 0.0529. The molecule has 0 aliphatic carbocycles. The van der Waals surface area contributed by atoms with Crippen molar-refractivity contribution < 1.29 is 31.9 Å². The number of ether oxygens (including phenoxy) is 1. The lowest BCUT2D eigenvalue weighted by atomic mass is 10.0. The van der Waals surface area contributed by atoms with Crippen molar-refractivity contribution in [2.75, 3.05) is 11.9 Å². The van der Waals surface area contributed by atoms with E-state index in [4.69, 9.17) is 16.3 Å². The highest BCUT2D eigenvalue weighted by atomic mass is 35.5. The second-order valence-electron chi connectivity index (χ2n) is 5.86. The summed E-state index contributed by atoms with van der Waals surface area (Å²) in [6.45, 7) is 1.62. The van der Waals surface area contributed by atoms with Crippen molar-refractivity contribution in [2.45, 2.75) is 6.92 Å². The standard InChI is InChI=1S/C20H12ClF4NO3S/c1-2-29-20(28)14-11(9-5-3-4-6-12(9)21)8-30-19(14)26-18(27)10-7-13(22)16(24)17(25)15(10)23/h3-8H,2H2,1H3,(H,26,27). The normalized spacial score (nSPS) is 10.7. The van der Waals surface area contributed by atoms with Gasteiger partial charge in [0.2, 0.25) is 0 Å². The molecule has 1 amide bonds. The molecule has 1 aromatic heterocycles. The Kier molecular flexibility index (Phi) is 6.42. The fraction of sp³-hybridized carbons (Fsp3) is 0.100. The van der Waals surface area contributed by atoms with Gasteiger partial charge in [-0.05, 0) is 19.1 Å². The van der Waals surface area contributed by atoms with Gasteiger partial charge in [-0.2, -0.15) is 0 Å². The van der Waals surface area contributed by atoms with Crippen LogP contribution in [-0.2, 0) is 4.74 Å². The molecule has 0 aliphatic rings. The number of benzene rings is 2. The maximum absolute atomic E-state index is 14.0. The van der Waals surface area contributed by atoms with Crippen molar-refractivity contribution in [1.82, 2.24) is 0 Å². The smallest absolute Gasteiger partial charge is 0.341 e. The van der Waals surface area contributed by atoms with Gasteiger partial charge < -0.3 is 10.1 Å². The summed E-state index contributed by atoms with van der Waals surface area (Å²) in [7, 11) is 0. The first-order chi connectivity index (χ1) is 14.3. The van der Waals surface area contributed by atoms with Gasteiger partial charge in [-0.15, -0.1) is 11.3 Å². The summed E-state index contributed by atoms with van der Waals surface area (Å²) in [6.07, 6.45) is 0. The molecule has 30 heavy (non-hydrogen) atoms. The number of halogens is 5. The zero-order valence-corrected chi connectivity index (χ0v) is 16.8. The molecule has 0 radical (unpaired) electrons. The minimum absolute atomic E-state index is 0.0348. The Morgan fingerprint density at radius 3 is 2.43 bits per heavy atom. The van der Waals surface area contributed by atoms with E-state index in [9.17, 15) is 27.2 Å². The third-order valence-electron chi connectivity index (χ3n) is 4.01. The zero-order valence-electron chi connectivity index (χ0n) is 15.2. The average molecular weight is 458 g/mol. The van der Waals surface area contributed by atoms with Gasteiger partial charge in [0.05, 0.1) is 12.2 Å². The molecule has 0 spiro atoms. The lowest BCUT2D eigenvalue weighted by Gasteiger charge is -2.10. The molecule has 3 rings (SSSR count). The minimum atomic E-state index is -2.12. The molecular formula is C20H12ClF4NO3S. The Labute approximate surface area is 177 Å². The van der Waals surface area contributed by atoms with E-state index in [1.54, 1.807) is 31.2 Å². The molecule has 4 nitrogen and oxygen atoms in total. The van der Waals surface area contributed by atoms with Crippen LogP contribution < -0.4 is 5.32 Å². The lowest BCUT2D eigenvalue weighted by Crippen LogP contribution is -2.17. The Morgan fingerprint density at radius 1 is 1.07 bits per heavy atom. The monoisotopic (exact) mass is 457 g/mol. The van der Waals surface area contributed by atoms with Gasteiger partial charge in [0.1, 0.15) is 10.6 Å². The first-order valence-electron chi connectivity index (χ1n) is 8.44. The first-order valence-corrected chi connectivity index (χ1v) is 9.69. The number of thiophene rings is 1. The van der Waals surface area contributed by atoms with Gasteiger partial charge >= 0.3 is 5.97 Å². The molecular weight excluding hydrogens is 446 g/mol. The van der Waals surface area contributed by atoms with Gasteiger partial charge in [-0.25, -0.2) is 22.4 Å². The molecule has 0 atom stereocenters. The van der Waals surface area contributed by atoms with E-state index in [1.165, 1.54) is 5.38 Å². The van der Waals surface area contributed by atoms with Crippen molar-refractivity contribution in [1.29, 1.82) is 0 Å².